The SMILES string of the molecule is COC(=O)CN(C)c1cccc(O)n1. The number of aromatic nitrogens is 1. The van der Waals surface area contributed by atoms with E-state index in [1.165, 1.54) is 13.2 Å². The Balaban J connectivity index is 2.69. The molecule has 0 amide bonds. The average Bonchev–Trinajstić information content (AvgIpc) is 2.17. The number of ether oxygens (including phenoxy) is 1. The molecule has 1 N–H and O–H groups in total. The first-order valence-electron chi connectivity index (χ1n) is 4.07. The Morgan fingerprint density at radius 2 is 2.36 bits per heavy atom. The maximum Gasteiger partial charge on any atom is 0.325 e. The van der Waals surface area contributed by atoms with Crippen molar-refractivity contribution in [3.63, 3.8) is 0 Å². The van der Waals surface area contributed by atoms with Gasteiger partial charge in [-0.25, -0.2) is 0 Å². The largest absolute Gasteiger partial charge is 0.493 e. The van der Waals surface area contributed by atoms with E-state index in [2.05, 4.69) is 9.72 Å². The number of anilines is 1. The summed E-state index contributed by atoms with van der Waals surface area (Å²) in [7, 11) is 3.02. The quantitative estimate of drug-likeness (QED) is 0.709. The molecule has 0 fully saturated rings. The van der Waals surface area contributed by atoms with Crippen molar-refractivity contribution in [1.82, 2.24) is 4.98 Å². The Hall–Kier alpha value is -1.78. The van der Waals surface area contributed by atoms with Crippen LogP contribution in [0.25, 0.3) is 0 Å². The van der Waals surface area contributed by atoms with Gasteiger partial charge in [0.25, 0.3) is 0 Å². The van der Waals surface area contributed by atoms with Gasteiger partial charge in [0.2, 0.25) is 5.88 Å². The normalized spacial score (nSPS) is 9.57. The fraction of sp³-hybridized carbons (Fsp3) is 0.333. The maximum atomic E-state index is 10.9. The van der Waals surface area contributed by atoms with Crippen molar-refractivity contribution in [2.75, 3.05) is 25.6 Å². The van der Waals surface area contributed by atoms with Gasteiger partial charge in [-0.05, 0) is 6.07 Å². The van der Waals surface area contributed by atoms with Crippen LogP contribution in [0.4, 0.5) is 5.82 Å². The van der Waals surface area contributed by atoms with Crippen LogP contribution in [-0.2, 0) is 9.53 Å². The van der Waals surface area contributed by atoms with Gasteiger partial charge >= 0.3 is 5.97 Å². The highest BCUT2D eigenvalue weighted by Gasteiger charge is 2.08. The molecule has 0 aromatic carbocycles. The summed E-state index contributed by atoms with van der Waals surface area (Å²) in [5.41, 5.74) is 0. The summed E-state index contributed by atoms with van der Waals surface area (Å²) in [6.45, 7) is 0.104. The van der Waals surface area contributed by atoms with E-state index in [9.17, 15) is 4.79 Å². The first-order valence-corrected chi connectivity index (χ1v) is 4.07. The molecule has 0 unspecified atom stereocenters. The van der Waals surface area contributed by atoms with Crippen LogP contribution in [0, 0.1) is 0 Å². The van der Waals surface area contributed by atoms with Crippen molar-refractivity contribution >= 4 is 11.8 Å². The first kappa shape index (κ1) is 10.3. The van der Waals surface area contributed by atoms with Crippen LogP contribution in [0.1, 0.15) is 0 Å². The summed E-state index contributed by atoms with van der Waals surface area (Å²) in [6, 6.07) is 4.82. The van der Waals surface area contributed by atoms with Gasteiger partial charge in [-0.3, -0.25) is 4.79 Å². The lowest BCUT2D eigenvalue weighted by molar-refractivity contribution is -0.138. The molecule has 1 heterocycles. The molecular weight excluding hydrogens is 184 g/mol. The predicted octanol–water partition coefficient (Wildman–Crippen LogP) is 0.396. The molecule has 0 aliphatic heterocycles. The first-order chi connectivity index (χ1) is 6.63. The second kappa shape index (κ2) is 4.45. The van der Waals surface area contributed by atoms with E-state index in [0.717, 1.165) is 0 Å². The Bertz CT molecular complexity index is 328. The number of nitrogens with zero attached hydrogens (tertiary/aromatic N) is 2. The lowest BCUT2D eigenvalue weighted by Crippen LogP contribution is -2.26. The van der Waals surface area contributed by atoms with Crippen LogP contribution in [0.2, 0.25) is 0 Å². The van der Waals surface area contributed by atoms with Gasteiger partial charge in [0.05, 0.1) is 7.11 Å². The molecule has 0 atom stereocenters. The zero-order chi connectivity index (χ0) is 10.6. The van der Waals surface area contributed by atoms with E-state index >= 15 is 0 Å². The van der Waals surface area contributed by atoms with Crippen molar-refractivity contribution < 1.29 is 14.6 Å². The third-order valence-corrected chi connectivity index (χ3v) is 1.70. The van der Waals surface area contributed by atoms with Crippen molar-refractivity contribution in [2.45, 2.75) is 0 Å². The number of rotatable bonds is 3. The zero-order valence-corrected chi connectivity index (χ0v) is 8.10. The van der Waals surface area contributed by atoms with Crippen molar-refractivity contribution in [3.8, 4) is 5.88 Å². The molecule has 0 saturated carbocycles. The summed E-state index contributed by atoms with van der Waals surface area (Å²) >= 11 is 0. The Labute approximate surface area is 81.9 Å². The highest BCUT2D eigenvalue weighted by molar-refractivity contribution is 5.74. The third kappa shape index (κ3) is 2.62. The molecular formula is C9H12N2O3. The molecule has 0 spiro atoms. The molecule has 1 aromatic rings. The molecule has 0 aliphatic rings. The minimum absolute atomic E-state index is 0.0702. The van der Waals surface area contributed by atoms with Crippen LogP contribution >= 0.6 is 0 Å². The number of aromatic hydroxyl groups is 1. The standard InChI is InChI=1S/C9H12N2O3/c1-11(6-9(13)14-2)7-4-3-5-8(12)10-7/h3-5H,6H2,1-2H3,(H,10,12). The van der Waals surface area contributed by atoms with Gasteiger partial charge in [-0.15, -0.1) is 0 Å². The molecule has 5 heteroatoms. The number of carbonyl (C=O) groups excluding carboxylic acids is 1. The Kier molecular flexibility index (Phi) is 3.28. The topological polar surface area (TPSA) is 62.7 Å². The fourth-order valence-electron chi connectivity index (χ4n) is 0.964. The predicted molar refractivity (Wildman–Crippen MR) is 51.2 cm³/mol. The zero-order valence-electron chi connectivity index (χ0n) is 8.10. The number of likely N-dealkylation sites (N-methyl/N-ethyl adjacent to an activating group) is 1. The minimum atomic E-state index is -0.349. The van der Waals surface area contributed by atoms with Crippen LogP contribution in [0.15, 0.2) is 18.2 Å². The summed E-state index contributed by atoms with van der Waals surface area (Å²) < 4.78 is 4.50. The van der Waals surface area contributed by atoms with E-state index in [1.54, 1.807) is 24.1 Å². The van der Waals surface area contributed by atoms with Gasteiger partial charge < -0.3 is 14.7 Å². The molecule has 1 aromatic heterocycles. The molecule has 0 bridgehead atoms. The van der Waals surface area contributed by atoms with Gasteiger partial charge in [-0.1, -0.05) is 6.07 Å². The van der Waals surface area contributed by atoms with Crippen LogP contribution < -0.4 is 4.90 Å². The second-order valence-corrected chi connectivity index (χ2v) is 2.79. The molecule has 76 valence electrons. The average molecular weight is 196 g/mol. The maximum absolute atomic E-state index is 10.9. The third-order valence-electron chi connectivity index (χ3n) is 1.70. The molecule has 5 nitrogen and oxygen atoms in total. The number of pyridine rings is 1. The van der Waals surface area contributed by atoms with Gasteiger partial charge in [0, 0.05) is 13.1 Å². The fourth-order valence-corrected chi connectivity index (χ4v) is 0.964. The van der Waals surface area contributed by atoms with E-state index < -0.39 is 0 Å². The number of methoxy groups -OCH3 is 1. The molecule has 0 radical (unpaired) electrons. The summed E-state index contributed by atoms with van der Waals surface area (Å²) in [5, 5.41) is 9.10. The lowest BCUT2D eigenvalue weighted by atomic mass is 10.4. The Morgan fingerprint density at radius 3 is 2.93 bits per heavy atom. The minimum Gasteiger partial charge on any atom is -0.493 e. The second-order valence-electron chi connectivity index (χ2n) is 2.79. The van der Waals surface area contributed by atoms with E-state index in [0.29, 0.717) is 5.82 Å². The Morgan fingerprint density at radius 1 is 1.64 bits per heavy atom. The monoisotopic (exact) mass is 196 g/mol. The van der Waals surface area contributed by atoms with Crippen LogP contribution in [-0.4, -0.2) is 36.8 Å². The lowest BCUT2D eigenvalue weighted by Gasteiger charge is -2.15. The van der Waals surface area contributed by atoms with Gasteiger partial charge in [-0.2, -0.15) is 4.98 Å². The van der Waals surface area contributed by atoms with Gasteiger partial charge in [0.15, 0.2) is 0 Å². The number of hydrogen-bond acceptors (Lipinski definition) is 5. The van der Waals surface area contributed by atoms with Crippen molar-refractivity contribution in [1.29, 1.82) is 0 Å². The number of esters is 1. The smallest absolute Gasteiger partial charge is 0.325 e. The van der Waals surface area contributed by atoms with Gasteiger partial charge in [0.1, 0.15) is 12.4 Å². The van der Waals surface area contributed by atoms with E-state index in [1.807, 2.05) is 0 Å². The summed E-state index contributed by atoms with van der Waals surface area (Å²) in [4.78, 5) is 16.3. The van der Waals surface area contributed by atoms with Crippen molar-refractivity contribution in [3.05, 3.63) is 18.2 Å². The van der Waals surface area contributed by atoms with E-state index in [4.69, 9.17) is 5.11 Å². The highest BCUT2D eigenvalue weighted by Crippen LogP contribution is 2.12. The highest BCUT2D eigenvalue weighted by atomic mass is 16.5. The molecule has 1 rings (SSSR count). The summed E-state index contributed by atoms with van der Waals surface area (Å²) in [5.74, 6) is 0.104. The number of carbonyl (C=O) groups is 1. The molecule has 0 saturated heterocycles. The molecule has 0 aliphatic carbocycles. The van der Waals surface area contributed by atoms with Crippen LogP contribution in [0.5, 0.6) is 5.88 Å². The molecule has 14 heavy (non-hydrogen) atoms. The van der Waals surface area contributed by atoms with Crippen LogP contribution in [0.3, 0.4) is 0 Å². The number of hydrogen-bond donors (Lipinski definition) is 1. The van der Waals surface area contributed by atoms with E-state index in [-0.39, 0.29) is 18.4 Å². The van der Waals surface area contributed by atoms with Crippen molar-refractivity contribution in [2.24, 2.45) is 0 Å². The summed E-state index contributed by atoms with van der Waals surface area (Å²) in [6.07, 6.45) is 0.